The first-order chi connectivity index (χ1) is 9.87. The van der Waals surface area contributed by atoms with Crippen molar-refractivity contribution in [2.45, 2.75) is 40.2 Å². The van der Waals surface area contributed by atoms with E-state index in [0.717, 1.165) is 17.5 Å². The first-order valence-electron chi connectivity index (χ1n) is 7.11. The monoisotopic (exact) mass is 292 g/mol. The van der Waals surface area contributed by atoms with Gasteiger partial charge in [-0.25, -0.2) is 9.59 Å². The minimum absolute atomic E-state index is 0.00226. The summed E-state index contributed by atoms with van der Waals surface area (Å²) in [6, 6.07) is 4.73. The molecule has 5 heteroatoms. The SMILES string of the molecule is CC[C@@H](C)[C@H](NC(=O)Nc1cc(C)cc(C)c1)C(=O)OC. The summed E-state index contributed by atoms with van der Waals surface area (Å²) in [5.41, 5.74) is 2.84. The Morgan fingerprint density at radius 1 is 1.19 bits per heavy atom. The van der Waals surface area contributed by atoms with Crippen LogP contribution in [0.4, 0.5) is 10.5 Å². The molecule has 0 radical (unpaired) electrons. The van der Waals surface area contributed by atoms with Crippen LogP contribution in [-0.4, -0.2) is 25.2 Å². The summed E-state index contributed by atoms with van der Waals surface area (Å²) in [4.78, 5) is 23.8. The van der Waals surface area contributed by atoms with Crippen LogP contribution >= 0.6 is 0 Å². The second-order valence-corrected chi connectivity index (χ2v) is 5.36. The Morgan fingerprint density at radius 2 is 1.76 bits per heavy atom. The van der Waals surface area contributed by atoms with E-state index in [4.69, 9.17) is 4.74 Å². The van der Waals surface area contributed by atoms with Crippen molar-refractivity contribution in [3.8, 4) is 0 Å². The molecule has 116 valence electrons. The van der Waals surface area contributed by atoms with Crippen molar-refractivity contribution in [3.05, 3.63) is 29.3 Å². The molecule has 0 heterocycles. The van der Waals surface area contributed by atoms with Gasteiger partial charge in [0.2, 0.25) is 0 Å². The quantitative estimate of drug-likeness (QED) is 0.820. The molecule has 0 saturated heterocycles. The second-order valence-electron chi connectivity index (χ2n) is 5.36. The van der Waals surface area contributed by atoms with Crippen LogP contribution in [0, 0.1) is 19.8 Å². The van der Waals surface area contributed by atoms with Gasteiger partial charge in [0, 0.05) is 5.69 Å². The van der Waals surface area contributed by atoms with E-state index >= 15 is 0 Å². The van der Waals surface area contributed by atoms with Gasteiger partial charge >= 0.3 is 12.0 Å². The molecule has 21 heavy (non-hydrogen) atoms. The number of esters is 1. The lowest BCUT2D eigenvalue weighted by Gasteiger charge is -2.22. The lowest BCUT2D eigenvalue weighted by atomic mass is 9.99. The van der Waals surface area contributed by atoms with E-state index in [9.17, 15) is 9.59 Å². The smallest absolute Gasteiger partial charge is 0.328 e. The summed E-state index contributed by atoms with van der Waals surface area (Å²) in [5, 5.41) is 5.44. The Morgan fingerprint density at radius 3 is 2.24 bits per heavy atom. The predicted molar refractivity (Wildman–Crippen MR) is 83.3 cm³/mol. The molecule has 0 bridgehead atoms. The minimum atomic E-state index is -0.647. The van der Waals surface area contributed by atoms with E-state index in [0.29, 0.717) is 5.69 Å². The maximum atomic E-state index is 12.1. The van der Waals surface area contributed by atoms with E-state index in [1.165, 1.54) is 7.11 Å². The minimum Gasteiger partial charge on any atom is -0.467 e. The van der Waals surface area contributed by atoms with Crippen LogP contribution in [0.15, 0.2) is 18.2 Å². The van der Waals surface area contributed by atoms with Crippen LogP contribution in [0.5, 0.6) is 0 Å². The number of hydrogen-bond acceptors (Lipinski definition) is 3. The summed E-state index contributed by atoms with van der Waals surface area (Å²) in [6.45, 7) is 7.79. The van der Waals surface area contributed by atoms with Gasteiger partial charge in [0.25, 0.3) is 0 Å². The number of anilines is 1. The van der Waals surface area contributed by atoms with Gasteiger partial charge in [-0.2, -0.15) is 0 Å². The van der Waals surface area contributed by atoms with Crippen molar-refractivity contribution in [2.24, 2.45) is 5.92 Å². The van der Waals surface area contributed by atoms with Gasteiger partial charge in [-0.05, 0) is 43.0 Å². The first-order valence-corrected chi connectivity index (χ1v) is 7.11. The van der Waals surface area contributed by atoms with Gasteiger partial charge in [-0.15, -0.1) is 0 Å². The fourth-order valence-electron chi connectivity index (χ4n) is 2.15. The van der Waals surface area contributed by atoms with Crippen molar-refractivity contribution in [2.75, 3.05) is 12.4 Å². The van der Waals surface area contributed by atoms with E-state index < -0.39 is 18.0 Å². The Bertz CT molecular complexity index is 494. The number of nitrogens with one attached hydrogen (secondary N) is 2. The summed E-state index contributed by atoms with van der Waals surface area (Å²) in [7, 11) is 1.32. The highest BCUT2D eigenvalue weighted by molar-refractivity contribution is 5.92. The zero-order valence-electron chi connectivity index (χ0n) is 13.3. The largest absolute Gasteiger partial charge is 0.467 e. The standard InChI is InChI=1S/C16H24N2O3/c1-6-12(4)14(15(19)21-5)18-16(20)17-13-8-10(2)7-11(3)9-13/h7-9,12,14H,6H2,1-5H3,(H2,17,18,20)/t12-,14+/m1/s1. The summed E-state index contributed by atoms with van der Waals surface area (Å²) in [6.07, 6.45) is 0.767. The molecule has 0 aromatic heterocycles. The van der Waals surface area contributed by atoms with Gasteiger partial charge in [0.1, 0.15) is 6.04 Å². The molecule has 0 fully saturated rings. The van der Waals surface area contributed by atoms with E-state index in [1.54, 1.807) is 0 Å². The van der Waals surface area contributed by atoms with Crippen LogP contribution in [0.2, 0.25) is 0 Å². The molecular weight excluding hydrogens is 268 g/mol. The molecule has 0 unspecified atom stereocenters. The lowest BCUT2D eigenvalue weighted by molar-refractivity contribution is -0.144. The van der Waals surface area contributed by atoms with Gasteiger partial charge in [-0.3, -0.25) is 0 Å². The number of hydrogen-bond donors (Lipinski definition) is 2. The van der Waals surface area contributed by atoms with Gasteiger partial charge < -0.3 is 15.4 Å². The fourth-order valence-corrected chi connectivity index (χ4v) is 2.15. The number of carbonyl (C=O) groups excluding carboxylic acids is 2. The average molecular weight is 292 g/mol. The number of aryl methyl sites for hydroxylation is 2. The Hall–Kier alpha value is -2.04. The van der Waals surface area contributed by atoms with Crippen molar-refractivity contribution < 1.29 is 14.3 Å². The normalized spacial score (nSPS) is 13.2. The third-order valence-electron chi connectivity index (χ3n) is 3.43. The number of benzene rings is 1. The highest BCUT2D eigenvalue weighted by Crippen LogP contribution is 2.14. The molecule has 1 rings (SSSR count). The maximum Gasteiger partial charge on any atom is 0.328 e. The topological polar surface area (TPSA) is 67.4 Å². The Labute approximate surface area is 126 Å². The molecule has 1 aromatic rings. The number of rotatable bonds is 5. The van der Waals surface area contributed by atoms with Crippen LogP contribution in [-0.2, 0) is 9.53 Å². The number of carbonyl (C=O) groups is 2. The molecule has 2 N–H and O–H groups in total. The van der Waals surface area contributed by atoms with Crippen LogP contribution in [0.3, 0.4) is 0 Å². The van der Waals surface area contributed by atoms with Crippen LogP contribution < -0.4 is 10.6 Å². The Balaban J connectivity index is 2.75. The molecule has 1 aromatic carbocycles. The number of amides is 2. The van der Waals surface area contributed by atoms with Crippen LogP contribution in [0.25, 0.3) is 0 Å². The zero-order chi connectivity index (χ0) is 16.0. The summed E-state index contributed by atoms with van der Waals surface area (Å²) >= 11 is 0. The number of urea groups is 1. The highest BCUT2D eigenvalue weighted by atomic mass is 16.5. The third-order valence-corrected chi connectivity index (χ3v) is 3.43. The van der Waals surface area contributed by atoms with Gasteiger partial charge in [-0.1, -0.05) is 26.3 Å². The van der Waals surface area contributed by atoms with Gasteiger partial charge in [0.05, 0.1) is 7.11 Å². The van der Waals surface area contributed by atoms with E-state index in [-0.39, 0.29) is 5.92 Å². The first kappa shape index (κ1) is 17.0. The Kier molecular flexibility index (Phi) is 6.21. The van der Waals surface area contributed by atoms with Gasteiger partial charge in [0.15, 0.2) is 0 Å². The lowest BCUT2D eigenvalue weighted by Crippen LogP contribution is -2.47. The number of ether oxygens (including phenoxy) is 1. The van der Waals surface area contributed by atoms with E-state index in [1.807, 2.05) is 45.9 Å². The highest BCUT2D eigenvalue weighted by Gasteiger charge is 2.26. The molecule has 0 saturated carbocycles. The third kappa shape index (κ3) is 5.10. The van der Waals surface area contributed by atoms with Crippen LogP contribution in [0.1, 0.15) is 31.4 Å². The molecule has 0 aliphatic carbocycles. The van der Waals surface area contributed by atoms with Crippen molar-refractivity contribution in [3.63, 3.8) is 0 Å². The average Bonchev–Trinajstić information content (AvgIpc) is 2.41. The zero-order valence-corrected chi connectivity index (χ0v) is 13.3. The van der Waals surface area contributed by atoms with Crippen molar-refractivity contribution >= 4 is 17.7 Å². The second kappa shape index (κ2) is 7.67. The fraction of sp³-hybridized carbons (Fsp3) is 0.500. The molecule has 5 nitrogen and oxygen atoms in total. The molecule has 2 amide bonds. The molecule has 2 atom stereocenters. The molecule has 0 spiro atoms. The molecule has 0 aliphatic heterocycles. The molecule has 0 aliphatic rings. The summed E-state index contributed by atoms with van der Waals surface area (Å²) in [5.74, 6) is -0.428. The number of methoxy groups -OCH3 is 1. The van der Waals surface area contributed by atoms with Crippen molar-refractivity contribution in [1.82, 2.24) is 5.32 Å². The maximum absolute atomic E-state index is 12.1. The van der Waals surface area contributed by atoms with E-state index in [2.05, 4.69) is 10.6 Å². The summed E-state index contributed by atoms with van der Waals surface area (Å²) < 4.78 is 4.74. The molecular formula is C16H24N2O3. The van der Waals surface area contributed by atoms with Crippen molar-refractivity contribution in [1.29, 1.82) is 0 Å². The predicted octanol–water partition coefficient (Wildman–Crippen LogP) is 3.01.